The maximum absolute atomic E-state index is 12.3. The molecule has 0 saturated carbocycles. The molecule has 16 aromatic rings. The predicted molar refractivity (Wildman–Crippen MR) is 540 cm³/mol. The van der Waals surface area contributed by atoms with E-state index in [0.717, 1.165) is 106 Å². The Kier molecular flexibility index (Phi) is 33.1. The first-order valence-corrected chi connectivity index (χ1v) is 48.2. The number of halogens is 3. The van der Waals surface area contributed by atoms with E-state index >= 15 is 0 Å². The van der Waals surface area contributed by atoms with Crippen molar-refractivity contribution in [3.05, 3.63) is 256 Å². The summed E-state index contributed by atoms with van der Waals surface area (Å²) in [5, 5.41) is 41.7. The van der Waals surface area contributed by atoms with Gasteiger partial charge in [-0.25, -0.2) is 44.1 Å². The van der Waals surface area contributed by atoms with Gasteiger partial charge in [-0.2, -0.15) is 30.7 Å². The van der Waals surface area contributed by atoms with Gasteiger partial charge in [0, 0.05) is 102 Å². The minimum absolute atomic E-state index is 0.0385. The molecular formula is C94H83Cl3N20O12S7. The fourth-order valence-corrected chi connectivity index (χ4v) is 21.0. The number of esters is 1. The number of rotatable bonds is 33. The van der Waals surface area contributed by atoms with Crippen LogP contribution >= 0.6 is 114 Å². The second kappa shape index (κ2) is 46.1. The van der Waals surface area contributed by atoms with Crippen LogP contribution in [0.25, 0.3) is 78.9 Å². The van der Waals surface area contributed by atoms with E-state index < -0.39 is 29.9 Å². The second-order valence-corrected chi connectivity index (χ2v) is 39.3. The molecule has 9 N–H and O–H groups in total. The van der Waals surface area contributed by atoms with Crippen LogP contribution in [0.15, 0.2) is 186 Å². The van der Waals surface area contributed by atoms with Crippen molar-refractivity contribution in [1.82, 2.24) is 55.8 Å². The lowest BCUT2D eigenvalue weighted by atomic mass is 10.1. The minimum atomic E-state index is -0.678. The zero-order valence-electron chi connectivity index (χ0n) is 73.3. The van der Waals surface area contributed by atoms with E-state index in [-0.39, 0.29) is 84.4 Å². The zero-order valence-corrected chi connectivity index (χ0v) is 81.3. The van der Waals surface area contributed by atoms with Gasteiger partial charge in [-0.3, -0.25) is 0 Å². The van der Waals surface area contributed by atoms with E-state index in [0.29, 0.717) is 79.2 Å². The number of nitrogen functional groups attached to an aromatic ring is 3. The first-order chi connectivity index (χ1) is 65.5. The molecule has 0 aliphatic carbocycles. The first-order valence-electron chi connectivity index (χ1n) is 41.3. The van der Waals surface area contributed by atoms with E-state index in [1.165, 1.54) is 40.9 Å². The summed E-state index contributed by atoms with van der Waals surface area (Å²) in [7, 11) is 5.85. The Morgan fingerprint density at radius 1 is 0.419 bits per heavy atom. The van der Waals surface area contributed by atoms with Crippen LogP contribution in [0.4, 0.5) is 47.2 Å². The number of ether oxygens (including phenoxy) is 7. The van der Waals surface area contributed by atoms with Crippen LogP contribution in [-0.2, 0) is 63.2 Å². The van der Waals surface area contributed by atoms with Gasteiger partial charge in [0.2, 0.25) is 41.4 Å². The number of aromatic nitrogens is 8. The summed E-state index contributed by atoms with van der Waals surface area (Å²) in [4.78, 5) is 90.3. The number of fused-ring (bicyclic) bond motifs is 5. The molecule has 5 aromatic carbocycles. The number of anilines is 6. The van der Waals surface area contributed by atoms with Crippen molar-refractivity contribution in [1.29, 1.82) is 15.8 Å². The number of nitrogens with one attached hydrogen (secondary N) is 3. The smallest absolute Gasteiger partial charge is 0.407 e. The highest BCUT2D eigenvalue weighted by Crippen LogP contribution is 2.43. The SMILES string of the molecule is CN(CCOC(=O)NCc1ccc(COc2cc(Cl)nc(N)n2)cc1)c1cc2sc(/C=C(\C#N)C(=O)OC(C)(C)C)cc2s1.CN(CCOC(=O)NCc1ccc(COc2cc(Cl)nc(N)n2)cc1)c1cc2sc(/C=C(\C#N)c3nc4ccccc4o3)cc2s1.CN(CCOC(=O)NCc1ccc(COc2cc(Cl)nc(N)n2)cc1)c1cc2sc(/C=C(\C#N)c3nc4ccccc4s3)cc2s1. The average molecular weight is 2020 g/mol. The van der Waals surface area contributed by atoms with Crippen LogP contribution in [0.1, 0.15) is 79.7 Å². The molecule has 0 radical (unpaired) electrons. The van der Waals surface area contributed by atoms with Crippen molar-refractivity contribution >= 4 is 250 Å². The summed E-state index contributed by atoms with van der Waals surface area (Å²) in [6.45, 7) is 9.32. The number of nitrogens with two attached hydrogens (primary N) is 3. The summed E-state index contributed by atoms with van der Waals surface area (Å²) in [5.41, 5.74) is 24.7. The summed E-state index contributed by atoms with van der Waals surface area (Å²) in [6.07, 6.45) is 3.78. The number of likely N-dealkylation sites (N-methyl/N-ethyl adjacent to an activating group) is 3. The van der Waals surface area contributed by atoms with Gasteiger partial charge in [-0.15, -0.1) is 79.4 Å². The third-order valence-electron chi connectivity index (χ3n) is 19.2. The Morgan fingerprint density at radius 3 is 1.14 bits per heavy atom. The van der Waals surface area contributed by atoms with Crippen molar-refractivity contribution in [2.45, 2.75) is 65.8 Å². The van der Waals surface area contributed by atoms with Gasteiger partial charge in [0.25, 0.3) is 0 Å². The lowest BCUT2D eigenvalue weighted by Gasteiger charge is -2.18. The molecule has 0 bridgehead atoms. The molecule has 0 aliphatic rings. The number of nitriles is 3. The molecule has 0 fully saturated rings. The number of hydrogen-bond acceptors (Lipinski definition) is 36. The van der Waals surface area contributed by atoms with Gasteiger partial charge in [-0.1, -0.05) is 132 Å². The highest BCUT2D eigenvalue weighted by Gasteiger charge is 2.23. The number of hydrogen-bond donors (Lipinski definition) is 6. The van der Waals surface area contributed by atoms with Crippen molar-refractivity contribution in [3.8, 4) is 35.8 Å². The number of nitrogens with zero attached hydrogens (tertiary/aromatic N) is 14. The monoisotopic (exact) mass is 2010 g/mol. The number of para-hydroxylation sites is 3. The molecule has 11 aromatic heterocycles. The normalized spacial score (nSPS) is 11.5. The van der Waals surface area contributed by atoms with Crippen molar-refractivity contribution < 1.29 is 56.8 Å². The lowest BCUT2D eigenvalue weighted by molar-refractivity contribution is -0.149. The number of alkyl carbamates (subject to hydrolysis) is 3. The molecule has 0 spiro atoms. The molecule has 42 heteroatoms. The topological polar surface area (TPSA) is 444 Å². The Bertz CT molecular complexity index is 6690. The van der Waals surface area contributed by atoms with E-state index in [1.54, 1.807) is 89.6 Å². The highest BCUT2D eigenvalue weighted by atomic mass is 35.5. The predicted octanol–water partition coefficient (Wildman–Crippen LogP) is 20.9. The van der Waals surface area contributed by atoms with Crippen LogP contribution in [0.5, 0.6) is 17.6 Å². The molecule has 0 atom stereocenters. The van der Waals surface area contributed by atoms with Gasteiger partial charge >= 0.3 is 24.2 Å². The van der Waals surface area contributed by atoms with Gasteiger partial charge < -0.3 is 85.4 Å². The summed E-state index contributed by atoms with van der Waals surface area (Å²) in [5.74, 6) is 0.671. The van der Waals surface area contributed by atoms with Crippen molar-refractivity contribution in [2.75, 3.05) is 92.5 Å². The molecule has 16 rings (SSSR count). The van der Waals surface area contributed by atoms with Crippen LogP contribution in [0.2, 0.25) is 15.5 Å². The molecular weight excluding hydrogens is 1930 g/mol. The lowest BCUT2D eigenvalue weighted by Crippen LogP contribution is -2.28. The maximum Gasteiger partial charge on any atom is 0.407 e. The van der Waals surface area contributed by atoms with Crippen molar-refractivity contribution in [3.63, 3.8) is 0 Å². The largest absolute Gasteiger partial charge is 0.473 e. The number of thiazole rings is 1. The Balaban J connectivity index is 0.000000163. The van der Waals surface area contributed by atoms with E-state index in [2.05, 4.69) is 97.1 Å². The van der Waals surface area contributed by atoms with Crippen LogP contribution in [0, 0.1) is 34.0 Å². The molecule has 32 nitrogen and oxygen atoms in total. The number of carbonyl (C=O) groups excluding carboxylic acids is 4. The number of thiophene rings is 6. The number of amides is 3. The van der Waals surface area contributed by atoms with E-state index in [4.69, 9.17) is 89.6 Å². The maximum atomic E-state index is 12.3. The fraction of sp³-hybridized carbons (Fsp3) is 0.202. The van der Waals surface area contributed by atoms with Crippen LogP contribution < -0.4 is 62.1 Å². The number of allylic oxidation sites excluding steroid dienone is 2. The third-order valence-corrected chi connectivity index (χ3v) is 28.0. The summed E-state index contributed by atoms with van der Waals surface area (Å²) < 4.78 is 51.7. The Hall–Kier alpha value is -14.3. The molecule has 0 aliphatic heterocycles. The highest BCUT2D eigenvalue weighted by molar-refractivity contribution is 7.31. The fourth-order valence-electron chi connectivity index (χ4n) is 12.5. The van der Waals surface area contributed by atoms with Gasteiger partial charge in [0.05, 0.1) is 50.4 Å². The minimum Gasteiger partial charge on any atom is -0.473 e. The second-order valence-electron chi connectivity index (χ2n) is 30.6. The van der Waals surface area contributed by atoms with E-state index in [1.807, 2.05) is 177 Å². The number of carbonyl (C=O) groups is 4. The molecule has 136 heavy (non-hydrogen) atoms. The third kappa shape index (κ3) is 28.2. The van der Waals surface area contributed by atoms with E-state index in [9.17, 15) is 35.0 Å². The Morgan fingerprint density at radius 2 is 0.779 bits per heavy atom. The van der Waals surface area contributed by atoms with Gasteiger partial charge in [0.1, 0.15) is 101 Å². The zero-order chi connectivity index (χ0) is 95.9. The van der Waals surface area contributed by atoms with Crippen LogP contribution in [0.3, 0.4) is 0 Å². The molecule has 0 unspecified atom stereocenters. The summed E-state index contributed by atoms with van der Waals surface area (Å²) >= 11 is 28.7. The number of benzene rings is 5. The molecule has 3 amide bonds. The first kappa shape index (κ1) is 97.7. The van der Waals surface area contributed by atoms with Crippen molar-refractivity contribution in [2.24, 2.45) is 0 Å². The standard InChI is InChI=1S/C32H26ClN7O4S2.C32H26ClN7O3S3.C30H31ClN6O5S2/c1-40(10-11-42-32(41)36-17-19-6-8-20(9-7-19)18-43-28-15-27(33)38-31(35)39-28)29-14-26-25(46-29)13-22(45-26)12-21(16-34)30-37-23-4-2-3-5-24(23)44-30;1-40(10-11-42-32(41)36-17-19-6-8-20(9-7-19)18-43-28-15-27(33)38-31(35)39-28)29-14-26-25(45-29)13-22(44-26)12-21(16-34)30-37-23-4-2-3-5-24(23)46-30;1-30(2,3)42-27(38)20(15-32)11-21-12-22-23(43-21)13-26(44-22)37(4)9-10-40-29(39)34-16-18-5-7-19(8-6-18)17-41-25-14-24(31)35-28(33)36-25/h2*2-9,12-15H,10-11,17-18H2,1H3,(H,36,41)(H2,35,38,39);5-8,11-14H,9-10,16-17H2,1-4H3,(H,34,39)(H2,33,35,36)/b2*21-12+;20-11+. The summed E-state index contributed by atoms with van der Waals surface area (Å²) in [6, 6.07) is 61.3. The van der Waals surface area contributed by atoms with Gasteiger partial charge in [-0.05, 0) is 133 Å². The Labute approximate surface area is 822 Å². The quantitative estimate of drug-likeness (QED) is 0.00731. The average Bonchev–Trinajstić information content (AvgIpc) is 1.65. The molecule has 694 valence electrons. The molecule has 0 saturated heterocycles. The molecule has 11 heterocycles. The van der Waals surface area contributed by atoms with Crippen LogP contribution in [-0.4, -0.2) is 130 Å². The number of oxazole rings is 1. The van der Waals surface area contributed by atoms with Gasteiger partial charge in [0.15, 0.2) is 5.58 Å².